The molecule has 0 spiro atoms. The van der Waals surface area contributed by atoms with E-state index >= 15 is 0 Å². The second-order valence-corrected chi connectivity index (χ2v) is 4.96. The van der Waals surface area contributed by atoms with E-state index in [1.165, 1.54) is 11.8 Å². The van der Waals surface area contributed by atoms with Crippen LogP contribution in [0, 0.1) is 6.92 Å². The van der Waals surface area contributed by atoms with Gasteiger partial charge in [0.15, 0.2) is 0 Å². The fourth-order valence-electron chi connectivity index (χ4n) is 1.72. The molecular weight excluding hydrogens is 262 g/mol. The fourth-order valence-corrected chi connectivity index (χ4v) is 2.44. The van der Waals surface area contributed by atoms with E-state index in [0.29, 0.717) is 27.6 Å². The Bertz CT molecular complexity index is 779. The van der Waals surface area contributed by atoms with Crippen LogP contribution in [0.1, 0.15) is 11.6 Å². The Morgan fingerprint density at radius 3 is 2.89 bits per heavy atom. The Kier molecular flexibility index (Phi) is 3.04. The van der Waals surface area contributed by atoms with Gasteiger partial charge in [0.1, 0.15) is 11.6 Å². The first-order valence-corrected chi connectivity index (χ1v) is 6.71. The van der Waals surface area contributed by atoms with E-state index in [2.05, 4.69) is 25.1 Å². The number of nitrogens with one attached hydrogen (secondary N) is 2. The third kappa shape index (κ3) is 2.50. The van der Waals surface area contributed by atoms with Gasteiger partial charge in [0.25, 0.3) is 5.56 Å². The molecule has 3 rings (SSSR count). The third-order valence-electron chi connectivity index (χ3n) is 2.58. The summed E-state index contributed by atoms with van der Waals surface area (Å²) in [5.41, 5.74) is 0.584. The molecule has 2 N–H and O–H groups in total. The zero-order valence-corrected chi connectivity index (χ0v) is 11.0. The van der Waals surface area contributed by atoms with E-state index in [1.54, 1.807) is 6.07 Å². The first kappa shape index (κ1) is 11.9. The number of aromatic amines is 2. The molecule has 0 aliphatic carbocycles. The van der Waals surface area contributed by atoms with Crippen molar-refractivity contribution in [2.24, 2.45) is 0 Å². The summed E-state index contributed by atoms with van der Waals surface area (Å²) in [6.45, 7) is 1.84. The van der Waals surface area contributed by atoms with Crippen molar-refractivity contribution >= 4 is 22.7 Å². The van der Waals surface area contributed by atoms with E-state index in [0.717, 1.165) is 5.82 Å². The van der Waals surface area contributed by atoms with Gasteiger partial charge in [-0.3, -0.25) is 9.89 Å². The molecule has 6 nitrogen and oxygen atoms in total. The number of para-hydroxylation sites is 1. The zero-order chi connectivity index (χ0) is 13.2. The molecule has 0 atom stereocenters. The molecule has 3 aromatic rings. The van der Waals surface area contributed by atoms with Gasteiger partial charge in [-0.15, -0.1) is 5.10 Å². The Morgan fingerprint density at radius 1 is 1.26 bits per heavy atom. The van der Waals surface area contributed by atoms with Gasteiger partial charge in [-0.1, -0.05) is 23.9 Å². The van der Waals surface area contributed by atoms with Crippen LogP contribution in [-0.2, 0) is 5.75 Å². The predicted octanol–water partition coefficient (Wildman–Crippen LogP) is 1.64. The lowest BCUT2D eigenvalue weighted by Gasteiger charge is -2.01. The van der Waals surface area contributed by atoms with Crippen molar-refractivity contribution < 1.29 is 0 Å². The lowest BCUT2D eigenvalue weighted by atomic mass is 10.2. The summed E-state index contributed by atoms with van der Waals surface area (Å²) in [4.78, 5) is 23.2. The number of aryl methyl sites for hydroxylation is 1. The fraction of sp³-hybridized carbons (Fsp3) is 0.167. The molecule has 0 aliphatic heterocycles. The molecule has 2 heterocycles. The highest BCUT2D eigenvalue weighted by Crippen LogP contribution is 2.17. The number of aromatic nitrogens is 5. The topological polar surface area (TPSA) is 87.3 Å². The first-order valence-electron chi connectivity index (χ1n) is 5.72. The lowest BCUT2D eigenvalue weighted by molar-refractivity contribution is 0.963. The third-order valence-corrected chi connectivity index (χ3v) is 3.44. The minimum Gasteiger partial charge on any atom is -0.309 e. The van der Waals surface area contributed by atoms with Crippen LogP contribution in [0.3, 0.4) is 0 Å². The number of thioether (sulfide) groups is 1. The number of hydrogen-bond donors (Lipinski definition) is 2. The molecule has 0 fully saturated rings. The lowest BCUT2D eigenvalue weighted by Crippen LogP contribution is -2.11. The van der Waals surface area contributed by atoms with Gasteiger partial charge in [0, 0.05) is 0 Å². The van der Waals surface area contributed by atoms with Crippen LogP contribution in [0.5, 0.6) is 0 Å². The number of hydrogen-bond acceptors (Lipinski definition) is 5. The van der Waals surface area contributed by atoms with Crippen molar-refractivity contribution in [1.82, 2.24) is 25.1 Å². The number of benzene rings is 1. The number of fused-ring (bicyclic) bond motifs is 1. The summed E-state index contributed by atoms with van der Waals surface area (Å²) in [5.74, 6) is 1.91. The van der Waals surface area contributed by atoms with Crippen molar-refractivity contribution in [3.63, 3.8) is 0 Å². The molecule has 96 valence electrons. The maximum atomic E-state index is 11.9. The van der Waals surface area contributed by atoms with Crippen molar-refractivity contribution in [3.05, 3.63) is 46.3 Å². The maximum Gasteiger partial charge on any atom is 0.258 e. The molecule has 0 bridgehead atoms. The quantitative estimate of drug-likeness (QED) is 0.708. The van der Waals surface area contributed by atoms with Crippen LogP contribution >= 0.6 is 11.8 Å². The Hall–Kier alpha value is -2.15. The molecule has 19 heavy (non-hydrogen) atoms. The molecule has 2 aromatic heterocycles. The molecule has 0 saturated carbocycles. The zero-order valence-electron chi connectivity index (χ0n) is 10.2. The van der Waals surface area contributed by atoms with E-state index in [4.69, 9.17) is 0 Å². The number of H-pyrrole nitrogens is 2. The molecule has 7 heteroatoms. The molecular formula is C12H11N5OS. The highest BCUT2D eigenvalue weighted by atomic mass is 32.2. The van der Waals surface area contributed by atoms with Crippen LogP contribution in [-0.4, -0.2) is 25.1 Å². The van der Waals surface area contributed by atoms with Crippen LogP contribution in [0.2, 0.25) is 0 Å². The monoisotopic (exact) mass is 273 g/mol. The summed E-state index contributed by atoms with van der Waals surface area (Å²) in [5, 5.41) is 8.04. The van der Waals surface area contributed by atoms with Crippen LogP contribution in [0.25, 0.3) is 10.9 Å². The highest BCUT2D eigenvalue weighted by Gasteiger charge is 2.06. The summed E-state index contributed by atoms with van der Waals surface area (Å²) in [6.07, 6.45) is 0. The van der Waals surface area contributed by atoms with Crippen molar-refractivity contribution in [1.29, 1.82) is 0 Å². The SMILES string of the molecule is Cc1nc(SCc2nc3ccccc3c(=O)[nH]2)n[nH]1. The van der Waals surface area contributed by atoms with Gasteiger partial charge >= 0.3 is 0 Å². The molecule has 1 aromatic carbocycles. The van der Waals surface area contributed by atoms with Gasteiger partial charge in [-0.2, -0.15) is 0 Å². The average molecular weight is 273 g/mol. The minimum absolute atomic E-state index is 0.118. The Labute approximate surface area is 112 Å². The molecule has 0 amide bonds. The largest absolute Gasteiger partial charge is 0.309 e. The number of rotatable bonds is 3. The van der Waals surface area contributed by atoms with Gasteiger partial charge in [-0.25, -0.2) is 9.97 Å². The smallest absolute Gasteiger partial charge is 0.258 e. The summed E-state index contributed by atoms with van der Waals surface area (Å²) in [6, 6.07) is 7.28. The first-order chi connectivity index (χ1) is 9.22. The summed E-state index contributed by atoms with van der Waals surface area (Å²) in [7, 11) is 0. The van der Waals surface area contributed by atoms with E-state index in [9.17, 15) is 4.79 Å². The summed E-state index contributed by atoms with van der Waals surface area (Å²) < 4.78 is 0. The second kappa shape index (κ2) is 4.85. The van der Waals surface area contributed by atoms with E-state index < -0.39 is 0 Å². The predicted molar refractivity (Wildman–Crippen MR) is 73.0 cm³/mol. The van der Waals surface area contributed by atoms with Crippen LogP contribution in [0.4, 0.5) is 0 Å². The molecule has 0 radical (unpaired) electrons. The molecule has 0 unspecified atom stereocenters. The number of nitrogens with zero attached hydrogens (tertiary/aromatic N) is 3. The molecule has 0 aliphatic rings. The van der Waals surface area contributed by atoms with E-state index in [-0.39, 0.29) is 5.56 Å². The van der Waals surface area contributed by atoms with Gasteiger partial charge in [0.2, 0.25) is 5.16 Å². The Morgan fingerprint density at radius 2 is 2.11 bits per heavy atom. The minimum atomic E-state index is -0.118. The second-order valence-electron chi connectivity index (χ2n) is 4.02. The molecule has 0 saturated heterocycles. The normalized spacial score (nSPS) is 11.0. The van der Waals surface area contributed by atoms with Gasteiger partial charge < -0.3 is 4.98 Å². The van der Waals surface area contributed by atoms with Crippen molar-refractivity contribution in [2.45, 2.75) is 17.8 Å². The van der Waals surface area contributed by atoms with Crippen molar-refractivity contribution in [3.8, 4) is 0 Å². The highest BCUT2D eigenvalue weighted by molar-refractivity contribution is 7.98. The van der Waals surface area contributed by atoms with Crippen LogP contribution in [0.15, 0.2) is 34.2 Å². The van der Waals surface area contributed by atoms with Gasteiger partial charge in [-0.05, 0) is 19.1 Å². The van der Waals surface area contributed by atoms with Gasteiger partial charge in [0.05, 0.1) is 16.7 Å². The maximum absolute atomic E-state index is 11.9. The standard InChI is InChI=1S/C12H11N5OS/c1-7-13-12(17-16-7)19-6-10-14-9-5-3-2-4-8(9)11(18)15-10/h2-5H,6H2,1H3,(H,13,16,17)(H,14,15,18). The average Bonchev–Trinajstić information content (AvgIpc) is 2.82. The van der Waals surface area contributed by atoms with Crippen LogP contribution < -0.4 is 5.56 Å². The van der Waals surface area contributed by atoms with Crippen molar-refractivity contribution in [2.75, 3.05) is 0 Å². The van der Waals surface area contributed by atoms with E-state index in [1.807, 2.05) is 25.1 Å². The summed E-state index contributed by atoms with van der Waals surface area (Å²) >= 11 is 1.43. The Balaban J connectivity index is 1.87.